The van der Waals surface area contributed by atoms with Gasteiger partial charge in [0.25, 0.3) is 5.91 Å². The van der Waals surface area contributed by atoms with Gasteiger partial charge in [0.2, 0.25) is 0 Å². The largest absolute Gasteiger partial charge is 0.508 e. The molecule has 2 aromatic carbocycles. The highest BCUT2D eigenvalue weighted by atomic mass is 16.5. The number of aromatic hydroxyl groups is 1. The second kappa shape index (κ2) is 7.47. The van der Waals surface area contributed by atoms with Gasteiger partial charge in [-0.25, -0.2) is 14.5 Å². The van der Waals surface area contributed by atoms with Crippen molar-refractivity contribution in [3.63, 3.8) is 0 Å². The third-order valence-electron chi connectivity index (χ3n) is 3.61. The summed E-state index contributed by atoms with van der Waals surface area (Å²) in [5, 5.41) is 16.1. The van der Waals surface area contributed by atoms with E-state index >= 15 is 0 Å². The van der Waals surface area contributed by atoms with E-state index < -0.39 is 5.97 Å². The van der Waals surface area contributed by atoms with Crippen molar-refractivity contribution >= 4 is 17.6 Å². The molecule has 8 nitrogen and oxygen atoms in total. The smallest absolute Gasteiger partial charge is 0.337 e. The van der Waals surface area contributed by atoms with E-state index in [1.54, 1.807) is 23.1 Å². The molecule has 0 radical (unpaired) electrons. The summed E-state index contributed by atoms with van der Waals surface area (Å²) in [5.41, 5.74) is 1.88. The van der Waals surface area contributed by atoms with Gasteiger partial charge in [-0.05, 0) is 48.0 Å². The predicted octanol–water partition coefficient (Wildman–Crippen LogP) is 2.07. The van der Waals surface area contributed by atoms with E-state index in [1.807, 2.05) is 0 Å². The Hall–Kier alpha value is -3.68. The number of esters is 1. The zero-order valence-electron chi connectivity index (χ0n) is 13.9. The van der Waals surface area contributed by atoms with Crippen LogP contribution in [0.2, 0.25) is 0 Å². The number of hydrogen-bond donors (Lipinski definition) is 2. The van der Waals surface area contributed by atoms with Crippen LogP contribution in [0.4, 0.5) is 5.69 Å². The van der Waals surface area contributed by atoms with Crippen molar-refractivity contribution in [3.05, 3.63) is 71.8 Å². The lowest BCUT2D eigenvalue weighted by molar-refractivity contribution is 0.0600. The predicted molar refractivity (Wildman–Crippen MR) is 93.0 cm³/mol. The summed E-state index contributed by atoms with van der Waals surface area (Å²) in [7, 11) is 1.29. The first-order chi connectivity index (χ1) is 12.5. The van der Waals surface area contributed by atoms with Crippen molar-refractivity contribution in [1.29, 1.82) is 0 Å². The van der Waals surface area contributed by atoms with Gasteiger partial charge in [0, 0.05) is 11.3 Å². The molecule has 132 valence electrons. The van der Waals surface area contributed by atoms with E-state index in [9.17, 15) is 14.7 Å². The number of amides is 1. The lowest BCUT2D eigenvalue weighted by Gasteiger charge is -2.10. The Bertz CT molecular complexity index is 921. The Morgan fingerprint density at radius 3 is 2.58 bits per heavy atom. The quantitative estimate of drug-likeness (QED) is 0.681. The number of benzene rings is 2. The number of nitrogens with zero attached hydrogens (tertiary/aromatic N) is 3. The van der Waals surface area contributed by atoms with Crippen molar-refractivity contribution < 1.29 is 19.4 Å². The number of ether oxygens (including phenoxy) is 1. The number of carbonyl (C=O) groups excluding carboxylic acids is 2. The third kappa shape index (κ3) is 4.04. The molecule has 0 atom stereocenters. The normalized spacial score (nSPS) is 10.3. The Balaban J connectivity index is 1.88. The number of nitrogens with one attached hydrogen (secondary N) is 1. The molecule has 0 spiro atoms. The van der Waals surface area contributed by atoms with Gasteiger partial charge in [-0.3, -0.25) is 4.79 Å². The van der Waals surface area contributed by atoms with Gasteiger partial charge in [-0.15, -0.1) is 0 Å². The fourth-order valence-corrected chi connectivity index (χ4v) is 2.41. The second-order valence-corrected chi connectivity index (χ2v) is 5.50. The van der Waals surface area contributed by atoms with Crippen LogP contribution in [0, 0.1) is 0 Å². The van der Waals surface area contributed by atoms with Crippen LogP contribution >= 0.6 is 0 Å². The molecular formula is C18H16N4O4. The highest BCUT2D eigenvalue weighted by Crippen LogP contribution is 2.18. The topological polar surface area (TPSA) is 106 Å². The zero-order valence-corrected chi connectivity index (χ0v) is 13.9. The minimum Gasteiger partial charge on any atom is -0.508 e. The molecule has 0 unspecified atom stereocenters. The molecule has 3 aromatic rings. The summed E-state index contributed by atoms with van der Waals surface area (Å²) in [5.74, 6) is -0.798. The molecule has 0 bridgehead atoms. The van der Waals surface area contributed by atoms with Gasteiger partial charge in [0.15, 0.2) is 0 Å². The van der Waals surface area contributed by atoms with Gasteiger partial charge in [0.1, 0.15) is 18.4 Å². The van der Waals surface area contributed by atoms with Crippen LogP contribution in [0.3, 0.4) is 0 Å². The molecule has 1 heterocycles. The Morgan fingerprint density at radius 1 is 1.15 bits per heavy atom. The van der Waals surface area contributed by atoms with E-state index in [2.05, 4.69) is 15.4 Å². The number of aromatic nitrogens is 3. The van der Waals surface area contributed by atoms with Crippen molar-refractivity contribution in [1.82, 2.24) is 14.8 Å². The Morgan fingerprint density at radius 2 is 1.92 bits per heavy atom. The van der Waals surface area contributed by atoms with Crippen molar-refractivity contribution in [3.8, 4) is 5.75 Å². The first kappa shape index (κ1) is 17.2. The van der Waals surface area contributed by atoms with Gasteiger partial charge in [-0.2, -0.15) is 5.10 Å². The number of hydrogen-bond acceptors (Lipinski definition) is 6. The molecule has 0 saturated heterocycles. The van der Waals surface area contributed by atoms with Crippen molar-refractivity contribution in [2.75, 3.05) is 12.4 Å². The highest BCUT2D eigenvalue weighted by molar-refractivity contribution is 6.05. The van der Waals surface area contributed by atoms with E-state index in [4.69, 9.17) is 4.74 Å². The fraction of sp³-hybridized carbons (Fsp3) is 0.111. The van der Waals surface area contributed by atoms with E-state index in [0.29, 0.717) is 23.4 Å². The average Bonchev–Trinajstić information content (AvgIpc) is 3.14. The first-order valence-electron chi connectivity index (χ1n) is 7.70. The van der Waals surface area contributed by atoms with Crippen LogP contribution in [-0.4, -0.2) is 38.9 Å². The molecule has 0 aliphatic carbocycles. The summed E-state index contributed by atoms with van der Waals surface area (Å²) in [6.07, 6.45) is 2.97. The number of carbonyl (C=O) groups is 2. The maximum Gasteiger partial charge on any atom is 0.337 e. The minimum absolute atomic E-state index is 0.0735. The SMILES string of the molecule is COC(=O)c1cc(Cn2cncn2)cc(NC(=O)c2ccc(O)cc2)c1. The van der Waals surface area contributed by atoms with Gasteiger partial charge < -0.3 is 15.2 Å². The summed E-state index contributed by atoms with van der Waals surface area (Å²) < 4.78 is 6.37. The maximum atomic E-state index is 12.4. The van der Waals surface area contributed by atoms with Gasteiger partial charge >= 0.3 is 5.97 Å². The summed E-state index contributed by atoms with van der Waals surface area (Å²) in [4.78, 5) is 28.2. The zero-order chi connectivity index (χ0) is 18.5. The molecule has 0 aliphatic heterocycles. The summed E-state index contributed by atoms with van der Waals surface area (Å²) >= 11 is 0. The number of anilines is 1. The highest BCUT2D eigenvalue weighted by Gasteiger charge is 2.12. The fourth-order valence-electron chi connectivity index (χ4n) is 2.41. The molecule has 0 fully saturated rings. The Labute approximate surface area is 149 Å². The van der Waals surface area contributed by atoms with Crippen LogP contribution < -0.4 is 5.32 Å². The molecule has 1 aromatic heterocycles. The van der Waals surface area contributed by atoms with E-state index in [0.717, 1.165) is 5.56 Å². The molecule has 0 saturated carbocycles. The lowest BCUT2D eigenvalue weighted by atomic mass is 10.1. The summed E-state index contributed by atoms with van der Waals surface area (Å²) in [6.45, 7) is 0.382. The number of rotatable bonds is 5. The molecule has 26 heavy (non-hydrogen) atoms. The molecule has 2 N–H and O–H groups in total. The average molecular weight is 352 g/mol. The van der Waals surface area contributed by atoms with Crippen molar-refractivity contribution in [2.45, 2.75) is 6.54 Å². The molecule has 1 amide bonds. The lowest BCUT2D eigenvalue weighted by Crippen LogP contribution is -2.13. The van der Waals surface area contributed by atoms with Crippen LogP contribution in [0.5, 0.6) is 5.75 Å². The van der Waals surface area contributed by atoms with Crippen molar-refractivity contribution in [2.24, 2.45) is 0 Å². The number of phenolic OH excluding ortho intramolecular Hbond substituents is 1. The standard InChI is InChI=1S/C18H16N4O4/c1-26-18(25)14-6-12(9-22-11-19-10-20-22)7-15(8-14)21-17(24)13-2-4-16(23)5-3-13/h2-8,10-11,23H,9H2,1H3,(H,21,24). The third-order valence-corrected chi connectivity index (χ3v) is 3.61. The first-order valence-corrected chi connectivity index (χ1v) is 7.70. The van der Waals surface area contributed by atoms with E-state index in [-0.39, 0.29) is 11.7 Å². The number of phenols is 1. The minimum atomic E-state index is -0.509. The van der Waals surface area contributed by atoms with E-state index in [1.165, 1.54) is 43.8 Å². The van der Waals surface area contributed by atoms with Gasteiger partial charge in [0.05, 0.1) is 19.2 Å². The molecule has 8 heteroatoms. The molecule has 3 rings (SSSR count). The maximum absolute atomic E-state index is 12.4. The van der Waals surface area contributed by atoms with Crippen LogP contribution in [-0.2, 0) is 11.3 Å². The van der Waals surface area contributed by atoms with Gasteiger partial charge in [-0.1, -0.05) is 0 Å². The van der Waals surface area contributed by atoms with Crippen LogP contribution in [0.25, 0.3) is 0 Å². The Kier molecular flexibility index (Phi) is 4.93. The summed E-state index contributed by atoms with van der Waals surface area (Å²) in [6, 6.07) is 10.8. The second-order valence-electron chi connectivity index (χ2n) is 5.50. The molecular weight excluding hydrogens is 336 g/mol. The van der Waals surface area contributed by atoms with Crippen LogP contribution in [0.15, 0.2) is 55.1 Å². The van der Waals surface area contributed by atoms with Crippen LogP contribution in [0.1, 0.15) is 26.3 Å². The molecule has 0 aliphatic rings. The monoisotopic (exact) mass is 352 g/mol. The number of methoxy groups -OCH3 is 1.